The van der Waals surface area contributed by atoms with Crippen LogP contribution < -0.4 is 5.32 Å². The first-order valence-electron chi connectivity index (χ1n) is 4.27. The van der Waals surface area contributed by atoms with Gasteiger partial charge in [0.1, 0.15) is 0 Å². The molecule has 0 aliphatic heterocycles. The van der Waals surface area contributed by atoms with Crippen LogP contribution in [0.2, 0.25) is 0 Å². The summed E-state index contributed by atoms with van der Waals surface area (Å²) in [5.41, 5.74) is 0.124. The van der Waals surface area contributed by atoms with Gasteiger partial charge in [-0.3, -0.25) is 10.1 Å². The normalized spacial score (nSPS) is 9.67. The smallest absolute Gasteiger partial charge is 0.176 e. The summed E-state index contributed by atoms with van der Waals surface area (Å²) < 4.78 is 25.3. The van der Waals surface area contributed by atoms with Crippen LogP contribution in [0.5, 0.6) is 0 Å². The minimum Gasteiger partial charge on any atom is -0.299 e. The first-order chi connectivity index (χ1) is 7.15. The zero-order valence-electron chi connectivity index (χ0n) is 7.89. The molecule has 0 bridgehead atoms. The molecule has 0 aromatic heterocycles. The van der Waals surface area contributed by atoms with Crippen molar-refractivity contribution < 1.29 is 13.6 Å². The third-order valence-electron chi connectivity index (χ3n) is 1.75. The molecule has 2 nitrogen and oxygen atoms in total. The monoisotopic (exact) mass is 209 g/mol. The van der Waals surface area contributed by atoms with Gasteiger partial charge in [-0.05, 0) is 18.2 Å². The van der Waals surface area contributed by atoms with E-state index in [9.17, 15) is 13.6 Å². The summed E-state index contributed by atoms with van der Waals surface area (Å²) in [6.45, 7) is 0.269. The Morgan fingerprint density at radius 2 is 2.13 bits per heavy atom. The fourth-order valence-corrected chi connectivity index (χ4v) is 1.02. The molecule has 0 atom stereocenters. The largest absolute Gasteiger partial charge is 0.299 e. The molecule has 0 amide bonds. The number of terminal acetylenes is 1. The third kappa shape index (κ3) is 3.15. The summed E-state index contributed by atoms with van der Waals surface area (Å²) in [4.78, 5) is 11.4. The molecular weight excluding hydrogens is 200 g/mol. The quantitative estimate of drug-likeness (QED) is 0.461. The Morgan fingerprint density at radius 1 is 1.40 bits per heavy atom. The number of hydrogen-bond donors (Lipinski definition) is 1. The zero-order valence-corrected chi connectivity index (χ0v) is 7.89. The van der Waals surface area contributed by atoms with Crippen LogP contribution in [0.1, 0.15) is 10.4 Å². The molecule has 1 aromatic rings. The van der Waals surface area contributed by atoms with Crippen LogP contribution >= 0.6 is 0 Å². The van der Waals surface area contributed by atoms with Gasteiger partial charge >= 0.3 is 0 Å². The molecule has 0 saturated carbocycles. The van der Waals surface area contributed by atoms with Gasteiger partial charge in [0.15, 0.2) is 17.4 Å². The predicted octanol–water partition coefficient (Wildman–Crippen LogP) is 1.37. The molecule has 0 aliphatic carbocycles. The Morgan fingerprint density at radius 3 is 2.73 bits per heavy atom. The van der Waals surface area contributed by atoms with Crippen molar-refractivity contribution >= 4 is 5.78 Å². The van der Waals surface area contributed by atoms with E-state index in [0.29, 0.717) is 0 Å². The van der Waals surface area contributed by atoms with E-state index >= 15 is 0 Å². The summed E-state index contributed by atoms with van der Waals surface area (Å²) >= 11 is 0. The lowest BCUT2D eigenvalue weighted by atomic mass is 10.1. The molecule has 1 aromatic carbocycles. The van der Waals surface area contributed by atoms with Crippen LogP contribution in [-0.4, -0.2) is 18.9 Å². The van der Waals surface area contributed by atoms with Gasteiger partial charge in [-0.25, -0.2) is 8.78 Å². The van der Waals surface area contributed by atoms with Crippen molar-refractivity contribution in [3.63, 3.8) is 0 Å². The molecule has 0 fully saturated rings. The molecule has 4 heteroatoms. The van der Waals surface area contributed by atoms with Gasteiger partial charge in [0.25, 0.3) is 0 Å². The highest BCUT2D eigenvalue weighted by Gasteiger charge is 2.08. The van der Waals surface area contributed by atoms with Crippen molar-refractivity contribution in [3.8, 4) is 12.3 Å². The van der Waals surface area contributed by atoms with Crippen molar-refractivity contribution in [3.05, 3.63) is 35.4 Å². The fraction of sp³-hybridized carbons (Fsp3) is 0.182. The standard InChI is InChI=1S/C11H9F2NO/c1-2-5-14-7-11(15)8-3-4-9(12)10(13)6-8/h1,3-4,6,14H,5,7H2. The number of carbonyl (C=O) groups is 1. The van der Waals surface area contributed by atoms with E-state index in [1.54, 1.807) is 0 Å². The number of halogens is 2. The van der Waals surface area contributed by atoms with E-state index < -0.39 is 11.6 Å². The summed E-state index contributed by atoms with van der Waals surface area (Å²) in [5.74, 6) is -0.0310. The number of carbonyl (C=O) groups excluding carboxylic acids is 1. The van der Waals surface area contributed by atoms with Crippen LogP contribution in [0, 0.1) is 24.0 Å². The van der Waals surface area contributed by atoms with Gasteiger partial charge in [0.2, 0.25) is 0 Å². The summed E-state index contributed by atoms with van der Waals surface area (Å²) in [6.07, 6.45) is 4.96. The molecule has 0 spiro atoms. The highest BCUT2D eigenvalue weighted by molar-refractivity contribution is 5.97. The second-order valence-corrected chi connectivity index (χ2v) is 2.86. The SMILES string of the molecule is C#CCNCC(=O)c1ccc(F)c(F)c1. The summed E-state index contributed by atoms with van der Waals surface area (Å²) in [5, 5.41) is 2.67. The summed E-state index contributed by atoms with van der Waals surface area (Å²) in [6, 6.07) is 3.03. The Balaban J connectivity index is 2.67. The Labute approximate surface area is 86.3 Å². The lowest BCUT2D eigenvalue weighted by Crippen LogP contribution is -2.23. The highest BCUT2D eigenvalue weighted by atomic mass is 19.2. The molecule has 1 N–H and O–H groups in total. The van der Waals surface area contributed by atoms with Crippen LogP contribution in [0.4, 0.5) is 8.78 Å². The fourth-order valence-electron chi connectivity index (χ4n) is 1.02. The van der Waals surface area contributed by atoms with Gasteiger partial charge in [0, 0.05) is 5.56 Å². The molecule has 78 valence electrons. The molecule has 15 heavy (non-hydrogen) atoms. The van der Waals surface area contributed by atoms with Crippen molar-refractivity contribution in [2.75, 3.05) is 13.1 Å². The van der Waals surface area contributed by atoms with Gasteiger partial charge in [0.05, 0.1) is 13.1 Å². The maximum atomic E-state index is 12.7. The maximum absolute atomic E-state index is 12.7. The zero-order chi connectivity index (χ0) is 11.3. The van der Waals surface area contributed by atoms with Gasteiger partial charge in [-0.1, -0.05) is 5.92 Å². The lowest BCUT2D eigenvalue weighted by molar-refractivity contribution is 0.0992. The highest BCUT2D eigenvalue weighted by Crippen LogP contribution is 2.08. The van der Waals surface area contributed by atoms with Crippen molar-refractivity contribution in [2.24, 2.45) is 0 Å². The second-order valence-electron chi connectivity index (χ2n) is 2.86. The Hall–Kier alpha value is -1.73. The first kappa shape index (κ1) is 11.3. The van der Waals surface area contributed by atoms with Crippen LogP contribution in [0.25, 0.3) is 0 Å². The Kier molecular flexibility index (Phi) is 3.95. The van der Waals surface area contributed by atoms with Crippen molar-refractivity contribution in [2.45, 2.75) is 0 Å². The number of ketones is 1. The lowest BCUT2D eigenvalue weighted by Gasteiger charge is -2.01. The van der Waals surface area contributed by atoms with Crippen LogP contribution in [0.3, 0.4) is 0 Å². The minimum atomic E-state index is -1.03. The number of nitrogens with one attached hydrogen (secondary N) is 1. The second kappa shape index (κ2) is 5.23. The van der Waals surface area contributed by atoms with E-state index in [1.807, 2.05) is 0 Å². The van der Waals surface area contributed by atoms with Crippen LogP contribution in [-0.2, 0) is 0 Å². The predicted molar refractivity (Wildman–Crippen MR) is 52.4 cm³/mol. The van der Waals surface area contributed by atoms with E-state index in [1.165, 1.54) is 6.07 Å². The topological polar surface area (TPSA) is 29.1 Å². The number of hydrogen-bond acceptors (Lipinski definition) is 2. The maximum Gasteiger partial charge on any atom is 0.176 e. The average molecular weight is 209 g/mol. The molecule has 0 unspecified atom stereocenters. The van der Waals surface area contributed by atoms with Gasteiger partial charge < -0.3 is 0 Å². The number of Topliss-reactive ketones (excluding diaryl/α,β-unsaturated/α-hetero) is 1. The molecule has 0 radical (unpaired) electrons. The molecule has 1 rings (SSSR count). The van der Waals surface area contributed by atoms with E-state index in [4.69, 9.17) is 6.42 Å². The van der Waals surface area contributed by atoms with E-state index in [0.717, 1.165) is 12.1 Å². The van der Waals surface area contributed by atoms with Crippen molar-refractivity contribution in [1.82, 2.24) is 5.32 Å². The Bertz CT molecular complexity index is 410. The molecular formula is C11H9F2NO. The minimum absolute atomic E-state index is 0.00920. The number of rotatable bonds is 4. The van der Waals surface area contributed by atoms with Crippen LogP contribution in [0.15, 0.2) is 18.2 Å². The van der Waals surface area contributed by atoms with Crippen molar-refractivity contribution in [1.29, 1.82) is 0 Å². The first-order valence-corrected chi connectivity index (χ1v) is 4.27. The number of benzene rings is 1. The van der Waals surface area contributed by atoms with Gasteiger partial charge in [-0.2, -0.15) is 0 Å². The molecule has 0 aliphatic rings. The molecule has 0 saturated heterocycles. The average Bonchev–Trinajstić information content (AvgIpc) is 2.22. The van der Waals surface area contributed by atoms with E-state index in [2.05, 4.69) is 11.2 Å². The third-order valence-corrected chi connectivity index (χ3v) is 1.75. The van der Waals surface area contributed by atoms with E-state index in [-0.39, 0.29) is 24.4 Å². The molecule has 0 heterocycles. The van der Waals surface area contributed by atoms with Gasteiger partial charge in [-0.15, -0.1) is 6.42 Å². The summed E-state index contributed by atoms with van der Waals surface area (Å²) in [7, 11) is 0.